The van der Waals surface area contributed by atoms with Crippen LogP contribution in [0.2, 0.25) is 0 Å². The van der Waals surface area contributed by atoms with Crippen molar-refractivity contribution in [2.45, 2.75) is 0 Å². The van der Waals surface area contributed by atoms with Crippen LogP contribution in [0.5, 0.6) is 0 Å². The van der Waals surface area contributed by atoms with Gasteiger partial charge >= 0.3 is 0 Å². The molecule has 0 saturated heterocycles. The van der Waals surface area contributed by atoms with Crippen LogP contribution in [0, 0.1) is 34.0 Å². The molecule has 238 valence electrons. The van der Waals surface area contributed by atoms with Gasteiger partial charge in [-0.25, -0.2) is 29.0 Å². The van der Waals surface area contributed by atoms with Crippen molar-refractivity contribution in [1.82, 2.24) is 59.9 Å². The van der Waals surface area contributed by atoms with E-state index < -0.39 is 0 Å². The van der Waals surface area contributed by atoms with E-state index in [9.17, 15) is 15.8 Å². The summed E-state index contributed by atoms with van der Waals surface area (Å²) in [7, 11) is 0. The Labute approximate surface area is 288 Å². The Morgan fingerprint density at radius 3 is 1.24 bits per heavy atom. The third-order valence-electron chi connectivity index (χ3n) is 7.97. The summed E-state index contributed by atoms with van der Waals surface area (Å²) in [5, 5.41) is 54.4. The summed E-state index contributed by atoms with van der Waals surface area (Å²) in [5.74, 6) is 0.337. The molecule has 4 heterocycles. The van der Waals surface area contributed by atoms with E-state index >= 15 is 0 Å². The molecule has 0 spiro atoms. The Bertz CT molecular complexity index is 2530. The van der Waals surface area contributed by atoms with Crippen molar-refractivity contribution in [3.63, 3.8) is 0 Å². The van der Waals surface area contributed by atoms with Crippen molar-refractivity contribution >= 4 is 0 Å². The first kappa shape index (κ1) is 30.1. The van der Waals surface area contributed by atoms with Gasteiger partial charge < -0.3 is 0 Å². The van der Waals surface area contributed by atoms with Crippen molar-refractivity contribution in [2.24, 2.45) is 0 Å². The van der Waals surface area contributed by atoms with E-state index in [-0.39, 0.29) is 0 Å². The van der Waals surface area contributed by atoms with E-state index in [1.807, 2.05) is 48.5 Å². The minimum atomic E-state index is 0.337. The molecular weight excluding hydrogens is 643 g/mol. The monoisotopic (exact) mass is 661 g/mol. The Balaban J connectivity index is 1.32. The van der Waals surface area contributed by atoms with Crippen LogP contribution in [0.1, 0.15) is 16.7 Å². The normalized spacial score (nSPS) is 10.7. The van der Waals surface area contributed by atoms with Gasteiger partial charge in [0.2, 0.25) is 0 Å². The number of nitrogens with zero attached hydrogens (tertiary/aromatic N) is 15. The number of hydrogen-bond donors (Lipinski definition) is 0. The first-order valence-electron chi connectivity index (χ1n) is 15.2. The Morgan fingerprint density at radius 2 is 0.843 bits per heavy atom. The molecule has 0 fully saturated rings. The van der Waals surface area contributed by atoms with E-state index in [2.05, 4.69) is 64.1 Å². The largest absolute Gasteiger partial charge is 0.225 e. The molecule has 8 aromatic rings. The molecule has 0 unspecified atom stereocenters. The lowest BCUT2D eigenvalue weighted by molar-refractivity contribution is 0.770. The average Bonchev–Trinajstić information content (AvgIpc) is 4.00. The zero-order valence-corrected chi connectivity index (χ0v) is 26.2. The molecule has 0 aliphatic rings. The molecule has 0 aliphatic heterocycles. The summed E-state index contributed by atoms with van der Waals surface area (Å²) in [4.78, 5) is 13.0. The summed E-state index contributed by atoms with van der Waals surface area (Å²) >= 11 is 0. The molecule has 0 radical (unpaired) electrons. The van der Waals surface area contributed by atoms with E-state index in [0.717, 1.165) is 16.7 Å². The fourth-order valence-corrected chi connectivity index (χ4v) is 5.38. The maximum atomic E-state index is 9.26. The smallest absolute Gasteiger partial charge is 0.167 e. The molecule has 0 amide bonds. The number of rotatable bonds is 7. The first-order valence-corrected chi connectivity index (χ1v) is 15.2. The lowest BCUT2D eigenvalue weighted by Gasteiger charge is -2.15. The molecule has 8 rings (SSSR count). The predicted octanol–water partition coefficient (Wildman–Crippen LogP) is 4.90. The fourth-order valence-electron chi connectivity index (χ4n) is 5.38. The molecule has 4 aromatic heterocycles. The molecule has 51 heavy (non-hydrogen) atoms. The van der Waals surface area contributed by atoms with Gasteiger partial charge in [0.05, 0.1) is 76.1 Å². The van der Waals surface area contributed by atoms with Crippen LogP contribution in [0.3, 0.4) is 0 Å². The van der Waals surface area contributed by atoms with Gasteiger partial charge in [-0.1, -0.05) is 52.0 Å². The molecule has 0 N–H and O–H groups in total. The highest BCUT2D eigenvalue weighted by Gasteiger charge is 2.22. The second-order valence-corrected chi connectivity index (χ2v) is 11.0. The molecule has 0 bridgehead atoms. The number of nitriles is 3. The molecule has 15 nitrogen and oxygen atoms in total. The Kier molecular flexibility index (Phi) is 7.54. The maximum Gasteiger partial charge on any atom is 0.167 e. The highest BCUT2D eigenvalue weighted by Crippen LogP contribution is 2.34. The first-order chi connectivity index (χ1) is 25.1. The third kappa shape index (κ3) is 5.80. The standard InChI is InChI=1S/C36H19N15/c37-15-23-1-7-26(8-2-23)30-18-49(46-43-30)29-13-33(50-19-31(44-47-50)27-9-3-24(16-38)4-10-27)35(36-41-21-40-22-42-36)34(14-29)51-20-32(45-48-51)28-11-5-25(17-39)6-12-28/h1-14,18-22H. The lowest BCUT2D eigenvalue weighted by Crippen LogP contribution is -2.09. The van der Waals surface area contributed by atoms with Gasteiger partial charge in [-0.2, -0.15) is 15.8 Å². The molecule has 0 atom stereocenters. The van der Waals surface area contributed by atoms with E-state index in [1.54, 1.807) is 69.0 Å². The quantitative estimate of drug-likeness (QED) is 0.224. The van der Waals surface area contributed by atoms with Crippen molar-refractivity contribution in [3.8, 4) is 80.4 Å². The van der Waals surface area contributed by atoms with E-state index in [0.29, 0.717) is 62.2 Å². The molecule has 4 aromatic carbocycles. The summed E-state index contributed by atoms with van der Waals surface area (Å²) in [6.45, 7) is 0. The SMILES string of the molecule is N#Cc1ccc(-c2cn(-c3cc(-n4cc(-c5ccc(C#N)cc5)nn4)c(-c4ncncn4)c(-n4cc(-c5ccc(C#N)cc5)nn4)c3)nn2)cc1. The second-order valence-electron chi connectivity index (χ2n) is 11.0. The number of hydrogen-bond acceptors (Lipinski definition) is 12. The van der Waals surface area contributed by atoms with Gasteiger partial charge in [-0.05, 0) is 48.5 Å². The van der Waals surface area contributed by atoms with Crippen LogP contribution in [-0.4, -0.2) is 59.9 Å². The summed E-state index contributed by atoms with van der Waals surface area (Å²) in [5.41, 5.74) is 7.86. The van der Waals surface area contributed by atoms with Gasteiger partial charge in [-0.15, -0.1) is 15.3 Å². The zero-order valence-electron chi connectivity index (χ0n) is 26.2. The Morgan fingerprint density at radius 1 is 0.471 bits per heavy atom. The van der Waals surface area contributed by atoms with Crippen LogP contribution in [0.25, 0.3) is 62.2 Å². The van der Waals surface area contributed by atoms with E-state index in [4.69, 9.17) is 0 Å². The minimum absolute atomic E-state index is 0.337. The van der Waals surface area contributed by atoms with Gasteiger partial charge in [-0.3, -0.25) is 0 Å². The predicted molar refractivity (Wildman–Crippen MR) is 180 cm³/mol. The van der Waals surface area contributed by atoms with E-state index in [1.165, 1.54) is 12.7 Å². The molecule has 15 heteroatoms. The second kappa shape index (κ2) is 12.8. The van der Waals surface area contributed by atoms with Crippen LogP contribution in [0.4, 0.5) is 0 Å². The van der Waals surface area contributed by atoms with Crippen molar-refractivity contribution in [3.05, 3.63) is 133 Å². The third-order valence-corrected chi connectivity index (χ3v) is 7.97. The Hall–Kier alpha value is -8.22. The van der Waals surface area contributed by atoms with Crippen LogP contribution < -0.4 is 0 Å². The molecule has 0 aliphatic carbocycles. The molecular formula is C36H19N15. The maximum absolute atomic E-state index is 9.26. The van der Waals surface area contributed by atoms with Crippen LogP contribution in [-0.2, 0) is 0 Å². The highest BCUT2D eigenvalue weighted by atomic mass is 15.5. The summed E-state index contributed by atoms with van der Waals surface area (Å²) in [6.07, 6.45) is 8.11. The zero-order chi connectivity index (χ0) is 34.7. The fraction of sp³-hybridized carbons (Fsp3) is 0. The van der Waals surface area contributed by atoms with Gasteiger partial charge in [0.1, 0.15) is 29.7 Å². The van der Waals surface area contributed by atoms with Crippen molar-refractivity contribution < 1.29 is 0 Å². The van der Waals surface area contributed by atoms with Gasteiger partial charge in [0, 0.05) is 16.7 Å². The molecule has 0 saturated carbocycles. The van der Waals surface area contributed by atoms with Crippen molar-refractivity contribution in [1.29, 1.82) is 15.8 Å². The van der Waals surface area contributed by atoms with Gasteiger partial charge in [0.15, 0.2) is 5.82 Å². The van der Waals surface area contributed by atoms with Gasteiger partial charge in [0.25, 0.3) is 0 Å². The number of aromatic nitrogens is 12. The van der Waals surface area contributed by atoms with Crippen LogP contribution >= 0.6 is 0 Å². The minimum Gasteiger partial charge on any atom is -0.225 e. The summed E-state index contributed by atoms with van der Waals surface area (Å²) < 4.78 is 4.84. The average molecular weight is 662 g/mol. The van der Waals surface area contributed by atoms with Crippen molar-refractivity contribution in [2.75, 3.05) is 0 Å². The topological polar surface area (TPSA) is 202 Å². The highest BCUT2D eigenvalue weighted by molar-refractivity contribution is 5.80. The summed E-state index contributed by atoms with van der Waals surface area (Å²) in [6, 6.07) is 31.3. The van der Waals surface area contributed by atoms with Crippen LogP contribution in [0.15, 0.2) is 116 Å². The number of benzene rings is 4. The lowest BCUT2D eigenvalue weighted by atomic mass is 10.1.